The first-order valence-electron chi connectivity index (χ1n) is 2.85. The van der Waals surface area contributed by atoms with Crippen LogP contribution in [0.25, 0.3) is 11.0 Å². The fraction of sp³-hybridized carbons (Fsp3) is 0. The molecule has 12 heavy (non-hydrogen) atoms. The molecular weight excluding hydrogens is 352 g/mol. The number of aromatic amines is 1. The van der Waals surface area contributed by atoms with Crippen LogP contribution in [0.4, 0.5) is 0 Å². The highest BCUT2D eigenvalue weighted by atomic mass is 79.9. The van der Waals surface area contributed by atoms with E-state index in [-0.39, 0.29) is 50.9 Å². The first-order valence-corrected chi connectivity index (χ1v) is 2.85. The van der Waals surface area contributed by atoms with Gasteiger partial charge in [-0.25, -0.2) is 4.98 Å². The number of rotatable bonds is 0. The van der Waals surface area contributed by atoms with Gasteiger partial charge in [-0.1, -0.05) is 12.1 Å². The summed E-state index contributed by atoms with van der Waals surface area (Å²) in [7, 11) is 0. The van der Waals surface area contributed by atoms with Crippen molar-refractivity contribution in [2.24, 2.45) is 0 Å². The summed E-state index contributed by atoms with van der Waals surface area (Å²) in [6, 6.07) is 7.94. The van der Waals surface area contributed by atoms with Crippen LogP contribution in [0.3, 0.4) is 0 Å². The zero-order valence-corrected chi connectivity index (χ0v) is 11.2. The van der Waals surface area contributed by atoms with Gasteiger partial charge in [0.2, 0.25) is 0 Å². The Hall–Kier alpha value is 0.130. The highest BCUT2D eigenvalue weighted by Crippen LogP contribution is 2.05. The Morgan fingerprint density at radius 2 is 1.67 bits per heavy atom. The fourth-order valence-electron chi connectivity index (χ4n) is 0.880. The van der Waals surface area contributed by atoms with E-state index in [9.17, 15) is 0 Å². The summed E-state index contributed by atoms with van der Waals surface area (Å²) in [5, 5.41) is 0. The summed E-state index contributed by atoms with van der Waals surface area (Å²) in [5.74, 6) is 0. The van der Waals surface area contributed by atoms with Crippen LogP contribution in [0, 0.1) is 0 Å². The summed E-state index contributed by atoms with van der Waals surface area (Å²) in [6.07, 6.45) is 1.70. The average Bonchev–Trinajstić information content (AvgIpc) is 2.33. The molecule has 0 saturated heterocycles. The van der Waals surface area contributed by atoms with Gasteiger partial charge in [0.15, 0.2) is 0 Å². The standard InChI is InChI=1S/C7H6N2.3BrH/c1-2-4-7-6(3-1)8-5-9-7;;;/h1-5H,(H,8,9);3*1H. The third-order valence-electron chi connectivity index (χ3n) is 1.33. The molecule has 0 bridgehead atoms. The lowest BCUT2D eigenvalue weighted by molar-refractivity contribution is 1.34. The molecule has 2 rings (SSSR count). The summed E-state index contributed by atoms with van der Waals surface area (Å²) < 4.78 is 0. The van der Waals surface area contributed by atoms with Gasteiger partial charge in [0.25, 0.3) is 0 Å². The summed E-state index contributed by atoms with van der Waals surface area (Å²) in [4.78, 5) is 7.07. The van der Waals surface area contributed by atoms with Crippen molar-refractivity contribution in [2.45, 2.75) is 0 Å². The van der Waals surface area contributed by atoms with Gasteiger partial charge in [-0.15, -0.1) is 50.9 Å². The van der Waals surface area contributed by atoms with Crippen molar-refractivity contribution in [1.82, 2.24) is 9.97 Å². The van der Waals surface area contributed by atoms with E-state index in [2.05, 4.69) is 9.97 Å². The molecule has 1 N–H and O–H groups in total. The molecule has 0 spiro atoms. The molecule has 1 aromatic heterocycles. The number of para-hydroxylation sites is 2. The molecule has 0 aliphatic heterocycles. The first-order chi connectivity index (χ1) is 4.47. The Labute approximate surface area is 102 Å². The number of nitrogens with zero attached hydrogens (tertiary/aromatic N) is 1. The van der Waals surface area contributed by atoms with Crippen molar-refractivity contribution in [1.29, 1.82) is 0 Å². The van der Waals surface area contributed by atoms with Gasteiger partial charge in [-0.05, 0) is 12.1 Å². The monoisotopic (exact) mass is 358 g/mol. The van der Waals surface area contributed by atoms with Crippen LogP contribution >= 0.6 is 50.9 Å². The van der Waals surface area contributed by atoms with Crippen molar-refractivity contribution in [3.63, 3.8) is 0 Å². The van der Waals surface area contributed by atoms with Gasteiger partial charge in [-0.3, -0.25) is 0 Å². The molecule has 0 amide bonds. The molecule has 2 nitrogen and oxygen atoms in total. The Bertz CT molecular complexity index is 291. The van der Waals surface area contributed by atoms with Gasteiger partial charge in [0.05, 0.1) is 17.4 Å². The first kappa shape index (κ1) is 14.6. The second-order valence-corrected chi connectivity index (χ2v) is 1.92. The molecular formula is C7H9Br3N2. The third-order valence-corrected chi connectivity index (χ3v) is 1.33. The third kappa shape index (κ3) is 2.88. The molecule has 0 atom stereocenters. The van der Waals surface area contributed by atoms with E-state index in [4.69, 9.17) is 0 Å². The van der Waals surface area contributed by atoms with E-state index < -0.39 is 0 Å². The predicted molar refractivity (Wildman–Crippen MR) is 67.1 cm³/mol. The second kappa shape index (κ2) is 6.62. The van der Waals surface area contributed by atoms with E-state index in [0.29, 0.717) is 0 Å². The topological polar surface area (TPSA) is 28.7 Å². The zero-order chi connectivity index (χ0) is 6.10. The summed E-state index contributed by atoms with van der Waals surface area (Å²) in [5.41, 5.74) is 2.12. The molecule has 2 aromatic rings. The largest absolute Gasteiger partial charge is 0.345 e. The number of benzene rings is 1. The normalized spacial score (nSPS) is 7.67. The lowest BCUT2D eigenvalue weighted by Gasteiger charge is -1.81. The Morgan fingerprint density at radius 3 is 2.33 bits per heavy atom. The molecule has 68 valence electrons. The van der Waals surface area contributed by atoms with Crippen LogP contribution in [-0.2, 0) is 0 Å². The minimum absolute atomic E-state index is 0. The molecule has 0 aliphatic carbocycles. The fourth-order valence-corrected chi connectivity index (χ4v) is 0.880. The highest BCUT2D eigenvalue weighted by Gasteiger charge is 1.88. The molecule has 0 aliphatic rings. The van der Waals surface area contributed by atoms with E-state index in [1.54, 1.807) is 6.33 Å². The lowest BCUT2D eigenvalue weighted by atomic mass is 10.3. The Kier molecular flexibility index (Phi) is 8.08. The number of halogens is 3. The number of nitrogens with one attached hydrogen (secondary N) is 1. The van der Waals surface area contributed by atoms with Crippen molar-refractivity contribution < 1.29 is 0 Å². The number of hydrogen-bond acceptors (Lipinski definition) is 1. The number of imidazole rings is 1. The predicted octanol–water partition coefficient (Wildman–Crippen LogP) is 3.30. The van der Waals surface area contributed by atoms with Crippen LogP contribution in [0.15, 0.2) is 30.6 Å². The Balaban J connectivity index is 0. The minimum Gasteiger partial charge on any atom is -0.345 e. The molecule has 1 aromatic carbocycles. The smallest absolute Gasteiger partial charge is 0.0931 e. The maximum absolute atomic E-state index is 4.06. The van der Waals surface area contributed by atoms with Gasteiger partial charge in [-0.2, -0.15) is 0 Å². The number of H-pyrrole nitrogens is 1. The van der Waals surface area contributed by atoms with Crippen LogP contribution in [0.5, 0.6) is 0 Å². The quantitative estimate of drug-likeness (QED) is 0.767. The molecule has 0 radical (unpaired) electrons. The zero-order valence-electron chi connectivity index (χ0n) is 6.06. The van der Waals surface area contributed by atoms with E-state index in [1.165, 1.54) is 0 Å². The second-order valence-electron chi connectivity index (χ2n) is 1.92. The number of hydrogen-bond donors (Lipinski definition) is 1. The Morgan fingerprint density at radius 1 is 1.00 bits per heavy atom. The van der Waals surface area contributed by atoms with E-state index in [0.717, 1.165) is 11.0 Å². The maximum atomic E-state index is 4.06. The summed E-state index contributed by atoms with van der Waals surface area (Å²) in [6.45, 7) is 0. The van der Waals surface area contributed by atoms with Crippen LogP contribution < -0.4 is 0 Å². The van der Waals surface area contributed by atoms with Crippen molar-refractivity contribution >= 4 is 62.0 Å². The molecule has 0 unspecified atom stereocenters. The number of fused-ring (bicyclic) bond motifs is 1. The highest BCUT2D eigenvalue weighted by molar-refractivity contribution is 8.93. The van der Waals surface area contributed by atoms with Crippen LogP contribution in [0.2, 0.25) is 0 Å². The summed E-state index contributed by atoms with van der Waals surface area (Å²) >= 11 is 0. The van der Waals surface area contributed by atoms with E-state index in [1.807, 2.05) is 24.3 Å². The lowest BCUT2D eigenvalue weighted by Crippen LogP contribution is -1.63. The van der Waals surface area contributed by atoms with Gasteiger partial charge >= 0.3 is 0 Å². The van der Waals surface area contributed by atoms with Crippen molar-refractivity contribution in [2.75, 3.05) is 0 Å². The maximum Gasteiger partial charge on any atom is 0.0931 e. The molecule has 0 fully saturated rings. The van der Waals surface area contributed by atoms with Crippen molar-refractivity contribution in [3.05, 3.63) is 30.6 Å². The molecule has 0 saturated carbocycles. The van der Waals surface area contributed by atoms with Gasteiger partial charge in [0.1, 0.15) is 0 Å². The SMILES string of the molecule is Br.Br.Br.c1ccc2[nH]cnc2c1. The van der Waals surface area contributed by atoms with Gasteiger partial charge in [0, 0.05) is 0 Å². The van der Waals surface area contributed by atoms with Gasteiger partial charge < -0.3 is 4.98 Å². The minimum atomic E-state index is 0. The molecule has 1 heterocycles. The average molecular weight is 361 g/mol. The van der Waals surface area contributed by atoms with Crippen LogP contribution in [-0.4, -0.2) is 9.97 Å². The van der Waals surface area contributed by atoms with Crippen molar-refractivity contribution in [3.8, 4) is 0 Å². The molecule has 5 heteroatoms. The van der Waals surface area contributed by atoms with E-state index >= 15 is 0 Å². The number of aromatic nitrogens is 2. The van der Waals surface area contributed by atoms with Crippen LogP contribution in [0.1, 0.15) is 0 Å².